The van der Waals surface area contributed by atoms with Gasteiger partial charge in [-0.1, -0.05) is 6.07 Å². The normalized spacial score (nSPS) is 19.1. The van der Waals surface area contributed by atoms with Crippen molar-refractivity contribution in [3.8, 4) is 0 Å². The van der Waals surface area contributed by atoms with E-state index in [4.69, 9.17) is 4.74 Å². The number of ketones is 1. The topological polar surface area (TPSA) is 51.2 Å². The summed E-state index contributed by atoms with van der Waals surface area (Å²) in [4.78, 5) is 15.6. The molecule has 4 nitrogen and oxygen atoms in total. The number of nitrogens with one attached hydrogen (secondary N) is 1. The molecule has 5 heteroatoms. The Labute approximate surface area is 101 Å². The van der Waals surface area contributed by atoms with Gasteiger partial charge < -0.3 is 10.1 Å². The van der Waals surface area contributed by atoms with E-state index >= 15 is 0 Å². The second-order valence-electron chi connectivity index (χ2n) is 3.56. The van der Waals surface area contributed by atoms with Crippen molar-refractivity contribution >= 4 is 18.2 Å². The van der Waals surface area contributed by atoms with E-state index in [-0.39, 0.29) is 30.9 Å². The zero-order valence-corrected chi connectivity index (χ0v) is 9.70. The summed E-state index contributed by atoms with van der Waals surface area (Å²) >= 11 is 0. The summed E-state index contributed by atoms with van der Waals surface area (Å²) < 4.78 is 5.47. The van der Waals surface area contributed by atoms with Crippen LogP contribution in [0.3, 0.4) is 0 Å². The van der Waals surface area contributed by atoms with Crippen LogP contribution in [0.5, 0.6) is 0 Å². The van der Waals surface area contributed by atoms with Crippen molar-refractivity contribution in [2.75, 3.05) is 19.7 Å². The fourth-order valence-electron chi connectivity index (χ4n) is 1.57. The van der Waals surface area contributed by atoms with E-state index in [1.54, 1.807) is 24.4 Å². The maximum atomic E-state index is 11.6. The van der Waals surface area contributed by atoms with E-state index in [9.17, 15) is 4.79 Å². The summed E-state index contributed by atoms with van der Waals surface area (Å²) in [6.45, 7) is 1.95. The van der Waals surface area contributed by atoms with Gasteiger partial charge in [-0.05, 0) is 25.1 Å². The molecule has 0 radical (unpaired) electrons. The third-order valence-electron chi connectivity index (χ3n) is 2.42. The lowest BCUT2D eigenvalue weighted by atomic mass is 10.2. The molecule has 1 aliphatic heterocycles. The molecule has 1 aliphatic rings. The van der Waals surface area contributed by atoms with E-state index < -0.39 is 0 Å². The number of hydrogen-bond acceptors (Lipinski definition) is 4. The molecule has 0 amide bonds. The molecule has 0 aliphatic carbocycles. The summed E-state index contributed by atoms with van der Waals surface area (Å²) in [5.74, 6) is -0.0532. The van der Waals surface area contributed by atoms with E-state index in [1.165, 1.54) is 0 Å². The van der Waals surface area contributed by atoms with Gasteiger partial charge >= 0.3 is 0 Å². The van der Waals surface area contributed by atoms with Gasteiger partial charge in [-0.2, -0.15) is 0 Å². The monoisotopic (exact) mass is 242 g/mol. The number of rotatable bonds is 4. The smallest absolute Gasteiger partial charge is 0.206 e. The summed E-state index contributed by atoms with van der Waals surface area (Å²) in [6, 6.07) is 5.30. The first kappa shape index (κ1) is 13.1. The van der Waals surface area contributed by atoms with Gasteiger partial charge in [0.1, 0.15) is 12.3 Å². The lowest BCUT2D eigenvalue weighted by molar-refractivity contribution is 0.0526. The third kappa shape index (κ3) is 3.56. The van der Waals surface area contributed by atoms with Crippen molar-refractivity contribution in [1.29, 1.82) is 0 Å². The minimum absolute atomic E-state index is 0. The van der Waals surface area contributed by atoms with Gasteiger partial charge in [-0.3, -0.25) is 9.78 Å². The van der Waals surface area contributed by atoms with Gasteiger partial charge in [0.25, 0.3) is 0 Å². The number of hydrogen-bond donors (Lipinski definition) is 1. The number of halogens is 1. The van der Waals surface area contributed by atoms with Crippen molar-refractivity contribution in [3.05, 3.63) is 30.1 Å². The molecule has 0 unspecified atom stereocenters. The number of carbonyl (C=O) groups excluding carboxylic acids is 1. The molecule has 1 N–H and O–H groups in total. The first-order valence-corrected chi connectivity index (χ1v) is 5.13. The minimum Gasteiger partial charge on any atom is -0.369 e. The van der Waals surface area contributed by atoms with Crippen molar-refractivity contribution in [2.45, 2.75) is 12.5 Å². The predicted molar refractivity (Wildman–Crippen MR) is 63.0 cm³/mol. The second-order valence-corrected chi connectivity index (χ2v) is 3.56. The van der Waals surface area contributed by atoms with Crippen LogP contribution in [0.4, 0.5) is 0 Å². The van der Waals surface area contributed by atoms with E-state index in [2.05, 4.69) is 10.3 Å². The first-order chi connectivity index (χ1) is 7.36. The fraction of sp³-hybridized carbons (Fsp3) is 0.455. The Morgan fingerprint density at radius 3 is 3.06 bits per heavy atom. The molecule has 0 aromatic carbocycles. The Balaban J connectivity index is 0.00000128. The average molecular weight is 243 g/mol. The fourth-order valence-corrected chi connectivity index (χ4v) is 1.57. The molecule has 1 saturated heterocycles. The molecule has 16 heavy (non-hydrogen) atoms. The predicted octanol–water partition coefficient (Wildman–Crippen LogP) is 1.06. The molecule has 0 bridgehead atoms. The molecule has 1 aromatic rings. The highest BCUT2D eigenvalue weighted by atomic mass is 35.5. The molecular formula is C11H15ClN2O2. The Bertz CT molecular complexity index is 326. The van der Waals surface area contributed by atoms with Gasteiger partial charge in [0.15, 0.2) is 0 Å². The van der Waals surface area contributed by atoms with Crippen LogP contribution >= 0.6 is 12.4 Å². The molecule has 2 heterocycles. The third-order valence-corrected chi connectivity index (χ3v) is 2.42. The quantitative estimate of drug-likeness (QED) is 0.803. The Morgan fingerprint density at radius 2 is 2.44 bits per heavy atom. The first-order valence-electron chi connectivity index (χ1n) is 5.13. The van der Waals surface area contributed by atoms with Gasteiger partial charge in [0, 0.05) is 12.7 Å². The van der Waals surface area contributed by atoms with E-state index in [0.29, 0.717) is 5.69 Å². The lowest BCUT2D eigenvalue weighted by Crippen LogP contribution is -2.21. The second kappa shape index (κ2) is 6.58. The summed E-state index contributed by atoms with van der Waals surface area (Å²) in [6.07, 6.45) is 2.78. The van der Waals surface area contributed by atoms with Crippen LogP contribution in [-0.4, -0.2) is 36.6 Å². The van der Waals surface area contributed by atoms with Crippen molar-refractivity contribution < 1.29 is 9.53 Å². The molecule has 88 valence electrons. The molecular weight excluding hydrogens is 228 g/mol. The number of aromatic nitrogens is 1. The maximum absolute atomic E-state index is 11.6. The minimum atomic E-state index is -0.0532. The van der Waals surface area contributed by atoms with Gasteiger partial charge in [-0.25, -0.2) is 0 Å². The Hall–Kier alpha value is -0.970. The molecule has 2 rings (SSSR count). The molecule has 1 fully saturated rings. The van der Waals surface area contributed by atoms with Crippen LogP contribution in [0.15, 0.2) is 24.4 Å². The lowest BCUT2D eigenvalue weighted by Gasteiger charge is -2.08. The average Bonchev–Trinajstić information content (AvgIpc) is 2.80. The van der Waals surface area contributed by atoms with Gasteiger partial charge in [0.2, 0.25) is 5.78 Å². The zero-order valence-electron chi connectivity index (χ0n) is 8.89. The SMILES string of the molecule is Cl.O=C(CO[C@H]1CCNC1)c1ccccn1. The molecule has 0 saturated carbocycles. The Morgan fingerprint density at radius 1 is 1.56 bits per heavy atom. The van der Waals surface area contributed by atoms with Crippen LogP contribution in [0.2, 0.25) is 0 Å². The van der Waals surface area contributed by atoms with Crippen molar-refractivity contribution in [2.24, 2.45) is 0 Å². The molecule has 1 aromatic heterocycles. The van der Waals surface area contributed by atoms with E-state index in [1.807, 2.05) is 0 Å². The van der Waals surface area contributed by atoms with Gasteiger partial charge in [-0.15, -0.1) is 12.4 Å². The van der Waals surface area contributed by atoms with Crippen LogP contribution in [0.25, 0.3) is 0 Å². The highest BCUT2D eigenvalue weighted by molar-refractivity contribution is 5.95. The van der Waals surface area contributed by atoms with Crippen LogP contribution in [0, 0.1) is 0 Å². The van der Waals surface area contributed by atoms with E-state index in [0.717, 1.165) is 19.5 Å². The highest BCUT2D eigenvalue weighted by Crippen LogP contribution is 2.04. The zero-order chi connectivity index (χ0) is 10.5. The van der Waals surface area contributed by atoms with Crippen molar-refractivity contribution in [1.82, 2.24) is 10.3 Å². The molecule has 1 atom stereocenters. The van der Waals surface area contributed by atoms with Crippen molar-refractivity contribution in [3.63, 3.8) is 0 Å². The van der Waals surface area contributed by atoms with Gasteiger partial charge in [0.05, 0.1) is 6.10 Å². The summed E-state index contributed by atoms with van der Waals surface area (Å²) in [5.41, 5.74) is 0.475. The Kier molecular flexibility index (Phi) is 5.38. The summed E-state index contributed by atoms with van der Waals surface area (Å²) in [5, 5.41) is 3.18. The number of carbonyl (C=O) groups is 1. The number of nitrogens with zero attached hydrogens (tertiary/aromatic N) is 1. The maximum Gasteiger partial charge on any atom is 0.206 e. The number of ether oxygens (including phenoxy) is 1. The van der Waals surface area contributed by atoms with Crippen LogP contribution < -0.4 is 5.32 Å². The summed E-state index contributed by atoms with van der Waals surface area (Å²) in [7, 11) is 0. The largest absolute Gasteiger partial charge is 0.369 e. The highest BCUT2D eigenvalue weighted by Gasteiger charge is 2.16. The van der Waals surface area contributed by atoms with Crippen LogP contribution in [0.1, 0.15) is 16.9 Å². The van der Waals surface area contributed by atoms with Crippen LogP contribution in [-0.2, 0) is 4.74 Å². The number of pyridine rings is 1. The number of Topliss-reactive ketones (excluding diaryl/α,β-unsaturated/α-hetero) is 1. The molecule has 0 spiro atoms. The standard InChI is InChI=1S/C11H14N2O2.ClH/c14-11(10-3-1-2-5-13-10)8-15-9-4-6-12-7-9;/h1-3,5,9,12H,4,6-8H2;1H/t9-;/m0./s1.